The molecule has 1 fully saturated rings. The Hall–Kier alpha value is -0.720. The minimum atomic E-state index is -0.791. The third kappa shape index (κ3) is 8.01. The SMILES string of the molecule is CN(CCN1CCN(c2ccccc2)CC1)C(=O)C(C)(C)N.Cl.Cl.Cl. The van der Waals surface area contributed by atoms with Crippen LogP contribution >= 0.6 is 37.2 Å². The van der Waals surface area contributed by atoms with Gasteiger partial charge in [0.25, 0.3) is 0 Å². The lowest BCUT2D eigenvalue weighted by Gasteiger charge is -2.37. The highest BCUT2D eigenvalue weighted by Gasteiger charge is 2.26. The first-order valence-corrected chi connectivity index (χ1v) is 7.95. The minimum Gasteiger partial charge on any atom is -0.369 e. The van der Waals surface area contributed by atoms with Gasteiger partial charge in [0.1, 0.15) is 0 Å². The van der Waals surface area contributed by atoms with Crippen molar-refractivity contribution in [2.45, 2.75) is 19.4 Å². The van der Waals surface area contributed by atoms with Crippen molar-refractivity contribution in [2.75, 3.05) is 51.2 Å². The molecule has 0 aromatic heterocycles. The van der Waals surface area contributed by atoms with Crippen LogP contribution in [-0.4, -0.2) is 67.6 Å². The quantitative estimate of drug-likeness (QED) is 0.804. The molecule has 1 heterocycles. The number of rotatable bonds is 5. The molecule has 0 aliphatic carbocycles. The van der Waals surface area contributed by atoms with Crippen LogP contribution in [0.2, 0.25) is 0 Å². The second kappa shape index (κ2) is 11.8. The number of carbonyl (C=O) groups is 1. The maximum absolute atomic E-state index is 12.0. The Bertz CT molecular complexity index is 488. The predicted molar refractivity (Wildman–Crippen MR) is 113 cm³/mol. The normalized spacial score (nSPS) is 14.6. The number of halogens is 3. The third-order valence-corrected chi connectivity index (χ3v) is 4.14. The van der Waals surface area contributed by atoms with Crippen molar-refractivity contribution in [1.29, 1.82) is 0 Å². The molecular weight excluding hydrogens is 383 g/mol. The Labute approximate surface area is 170 Å². The highest BCUT2D eigenvalue weighted by molar-refractivity contribution is 5.86. The first-order valence-electron chi connectivity index (χ1n) is 7.95. The molecule has 146 valence electrons. The van der Waals surface area contributed by atoms with Crippen molar-refractivity contribution in [3.05, 3.63) is 30.3 Å². The summed E-state index contributed by atoms with van der Waals surface area (Å²) in [7, 11) is 1.83. The fraction of sp³-hybridized carbons (Fsp3) is 0.588. The summed E-state index contributed by atoms with van der Waals surface area (Å²) in [6.07, 6.45) is 0. The molecule has 1 aliphatic heterocycles. The Balaban J connectivity index is 0. The van der Waals surface area contributed by atoms with Gasteiger partial charge in [0, 0.05) is 52.0 Å². The van der Waals surface area contributed by atoms with Gasteiger partial charge < -0.3 is 15.5 Å². The summed E-state index contributed by atoms with van der Waals surface area (Å²) >= 11 is 0. The van der Waals surface area contributed by atoms with E-state index in [9.17, 15) is 4.79 Å². The van der Waals surface area contributed by atoms with Gasteiger partial charge in [-0.1, -0.05) is 18.2 Å². The topological polar surface area (TPSA) is 52.8 Å². The van der Waals surface area contributed by atoms with Crippen LogP contribution in [0.25, 0.3) is 0 Å². The zero-order chi connectivity index (χ0) is 16.2. The van der Waals surface area contributed by atoms with Gasteiger partial charge in [-0.15, -0.1) is 37.2 Å². The van der Waals surface area contributed by atoms with Crippen molar-refractivity contribution in [1.82, 2.24) is 9.80 Å². The smallest absolute Gasteiger partial charge is 0.241 e. The average Bonchev–Trinajstić information content (AvgIpc) is 2.52. The number of para-hydroxylation sites is 1. The molecule has 0 saturated carbocycles. The van der Waals surface area contributed by atoms with E-state index < -0.39 is 5.54 Å². The van der Waals surface area contributed by atoms with E-state index in [1.165, 1.54) is 5.69 Å². The van der Waals surface area contributed by atoms with E-state index in [-0.39, 0.29) is 43.1 Å². The van der Waals surface area contributed by atoms with E-state index in [0.717, 1.165) is 39.3 Å². The molecule has 8 heteroatoms. The molecule has 1 aromatic carbocycles. The number of benzene rings is 1. The number of piperazine rings is 1. The molecule has 1 aromatic rings. The van der Waals surface area contributed by atoms with Gasteiger partial charge in [0.05, 0.1) is 5.54 Å². The first kappa shape index (κ1) is 26.5. The summed E-state index contributed by atoms with van der Waals surface area (Å²) in [5, 5.41) is 0. The molecule has 0 bridgehead atoms. The molecular formula is C17H31Cl3N4O. The monoisotopic (exact) mass is 412 g/mol. The lowest BCUT2D eigenvalue weighted by atomic mass is 10.1. The summed E-state index contributed by atoms with van der Waals surface area (Å²) in [6.45, 7) is 9.26. The summed E-state index contributed by atoms with van der Waals surface area (Å²) < 4.78 is 0. The van der Waals surface area contributed by atoms with Gasteiger partial charge in [-0.3, -0.25) is 9.69 Å². The number of hydrogen-bond acceptors (Lipinski definition) is 4. The summed E-state index contributed by atoms with van der Waals surface area (Å²) in [5.41, 5.74) is 6.36. The van der Waals surface area contributed by atoms with Gasteiger partial charge in [0.15, 0.2) is 0 Å². The molecule has 25 heavy (non-hydrogen) atoms. The van der Waals surface area contributed by atoms with Crippen molar-refractivity contribution in [3.8, 4) is 0 Å². The highest BCUT2D eigenvalue weighted by Crippen LogP contribution is 2.15. The fourth-order valence-corrected chi connectivity index (χ4v) is 2.75. The lowest BCUT2D eigenvalue weighted by molar-refractivity contribution is -0.134. The number of hydrogen-bond donors (Lipinski definition) is 1. The summed E-state index contributed by atoms with van der Waals surface area (Å²) in [5.74, 6) is -0.00424. The number of likely N-dealkylation sites (N-methyl/N-ethyl adjacent to an activating group) is 1. The van der Waals surface area contributed by atoms with Crippen LogP contribution in [0, 0.1) is 0 Å². The van der Waals surface area contributed by atoms with Crippen LogP contribution in [-0.2, 0) is 4.79 Å². The van der Waals surface area contributed by atoms with Gasteiger partial charge in [-0.2, -0.15) is 0 Å². The highest BCUT2D eigenvalue weighted by atomic mass is 35.5. The van der Waals surface area contributed by atoms with Crippen LogP contribution in [0.3, 0.4) is 0 Å². The number of anilines is 1. The van der Waals surface area contributed by atoms with E-state index in [4.69, 9.17) is 5.73 Å². The van der Waals surface area contributed by atoms with E-state index >= 15 is 0 Å². The number of amides is 1. The van der Waals surface area contributed by atoms with Crippen LogP contribution in [0.15, 0.2) is 30.3 Å². The van der Waals surface area contributed by atoms with E-state index in [1.807, 2.05) is 13.1 Å². The second-order valence-corrected chi connectivity index (χ2v) is 6.61. The Kier molecular flexibility index (Phi) is 12.5. The molecule has 2 rings (SSSR count). The van der Waals surface area contributed by atoms with Gasteiger partial charge in [0.2, 0.25) is 5.91 Å². The fourth-order valence-electron chi connectivity index (χ4n) is 2.75. The number of nitrogens with zero attached hydrogens (tertiary/aromatic N) is 3. The van der Waals surface area contributed by atoms with E-state index in [2.05, 4.69) is 34.1 Å². The molecule has 1 aliphatic rings. The van der Waals surface area contributed by atoms with Crippen LogP contribution < -0.4 is 10.6 Å². The summed E-state index contributed by atoms with van der Waals surface area (Å²) in [6, 6.07) is 10.5. The van der Waals surface area contributed by atoms with Gasteiger partial charge in [-0.25, -0.2) is 0 Å². The zero-order valence-electron chi connectivity index (χ0n) is 15.2. The van der Waals surface area contributed by atoms with Crippen molar-refractivity contribution >= 4 is 48.8 Å². The number of nitrogens with two attached hydrogens (primary N) is 1. The maximum Gasteiger partial charge on any atom is 0.241 e. The largest absolute Gasteiger partial charge is 0.369 e. The van der Waals surface area contributed by atoms with Gasteiger partial charge >= 0.3 is 0 Å². The van der Waals surface area contributed by atoms with Crippen LogP contribution in [0.5, 0.6) is 0 Å². The molecule has 0 radical (unpaired) electrons. The molecule has 5 nitrogen and oxygen atoms in total. The van der Waals surface area contributed by atoms with Crippen molar-refractivity contribution < 1.29 is 4.79 Å². The first-order chi connectivity index (χ1) is 10.4. The standard InChI is InChI=1S/C17H28N4O.3ClH/c1-17(2,18)16(22)19(3)9-10-20-11-13-21(14-12-20)15-7-5-4-6-8-15;;;/h4-8H,9-14,18H2,1-3H3;3*1H. The third-order valence-electron chi connectivity index (χ3n) is 4.14. The van der Waals surface area contributed by atoms with Crippen molar-refractivity contribution in [3.63, 3.8) is 0 Å². The summed E-state index contributed by atoms with van der Waals surface area (Å²) in [4.78, 5) is 18.6. The number of carbonyl (C=O) groups excluding carboxylic acids is 1. The molecule has 1 saturated heterocycles. The predicted octanol–water partition coefficient (Wildman–Crippen LogP) is 2.27. The Morgan fingerprint density at radius 2 is 1.60 bits per heavy atom. The molecule has 0 spiro atoms. The maximum atomic E-state index is 12.0. The molecule has 0 unspecified atom stereocenters. The van der Waals surface area contributed by atoms with E-state index in [0.29, 0.717) is 0 Å². The molecule has 0 atom stereocenters. The van der Waals surface area contributed by atoms with Crippen LogP contribution in [0.1, 0.15) is 13.8 Å². The lowest BCUT2D eigenvalue weighted by Crippen LogP contribution is -2.53. The molecule has 2 N–H and O–H groups in total. The van der Waals surface area contributed by atoms with Gasteiger partial charge in [-0.05, 0) is 26.0 Å². The average molecular weight is 414 g/mol. The zero-order valence-corrected chi connectivity index (χ0v) is 17.6. The molecule has 1 amide bonds. The van der Waals surface area contributed by atoms with Crippen molar-refractivity contribution in [2.24, 2.45) is 5.73 Å². The van der Waals surface area contributed by atoms with E-state index in [1.54, 1.807) is 18.7 Å². The second-order valence-electron chi connectivity index (χ2n) is 6.61. The minimum absolute atomic E-state index is 0. The Morgan fingerprint density at radius 1 is 1.08 bits per heavy atom. The van der Waals surface area contributed by atoms with Crippen LogP contribution in [0.4, 0.5) is 5.69 Å². The Morgan fingerprint density at radius 3 is 2.08 bits per heavy atom.